The van der Waals surface area contributed by atoms with Crippen LogP contribution < -0.4 is 10.5 Å². The van der Waals surface area contributed by atoms with Gasteiger partial charge >= 0.3 is 0 Å². The van der Waals surface area contributed by atoms with Crippen molar-refractivity contribution in [1.82, 2.24) is 4.98 Å². The molecule has 1 heterocycles. The molecule has 0 saturated heterocycles. The summed E-state index contributed by atoms with van der Waals surface area (Å²) < 4.78 is 27.2. The summed E-state index contributed by atoms with van der Waals surface area (Å²) in [6.45, 7) is 3.59. The van der Waals surface area contributed by atoms with E-state index in [-0.39, 0.29) is 4.90 Å². The number of aromatic nitrogens is 1. The van der Waals surface area contributed by atoms with Crippen molar-refractivity contribution in [2.45, 2.75) is 18.7 Å². The predicted molar refractivity (Wildman–Crippen MR) is 75.4 cm³/mol. The molecule has 0 radical (unpaired) electrons. The summed E-state index contributed by atoms with van der Waals surface area (Å²) in [4.78, 5) is 4.04. The van der Waals surface area contributed by atoms with Gasteiger partial charge in [-0.3, -0.25) is 9.71 Å². The molecule has 0 saturated carbocycles. The highest BCUT2D eigenvalue weighted by Gasteiger charge is 2.18. The first-order valence-electron chi connectivity index (χ1n) is 5.70. The molecule has 0 unspecified atom stereocenters. The maximum atomic E-state index is 12.3. The van der Waals surface area contributed by atoms with Crippen LogP contribution in [0, 0.1) is 13.8 Å². The van der Waals surface area contributed by atoms with Gasteiger partial charge in [0.05, 0.1) is 10.6 Å². The fraction of sp³-hybridized carbons (Fsp3) is 0.154. The minimum absolute atomic E-state index is 0.196. The Bertz CT molecular complexity index is 697. The molecule has 0 bridgehead atoms. The Hall–Kier alpha value is -2.08. The van der Waals surface area contributed by atoms with E-state index in [4.69, 9.17) is 5.73 Å². The summed E-state index contributed by atoms with van der Waals surface area (Å²) in [5.74, 6) is 0. The number of benzene rings is 1. The lowest BCUT2D eigenvalue weighted by Gasteiger charge is -2.12. The number of pyridine rings is 1. The average molecular weight is 277 g/mol. The number of nitrogens with zero attached hydrogens (tertiary/aromatic N) is 1. The second-order valence-corrected chi connectivity index (χ2v) is 5.95. The molecule has 6 heteroatoms. The molecule has 1 aromatic heterocycles. The molecule has 0 atom stereocenters. The molecule has 2 rings (SSSR count). The molecule has 19 heavy (non-hydrogen) atoms. The van der Waals surface area contributed by atoms with Crippen LogP contribution in [0.5, 0.6) is 0 Å². The normalized spacial score (nSPS) is 11.3. The summed E-state index contributed by atoms with van der Waals surface area (Å²) in [6, 6.07) is 6.39. The Labute approximate surface area is 112 Å². The molecule has 0 spiro atoms. The molecule has 100 valence electrons. The number of sulfonamides is 1. The van der Waals surface area contributed by atoms with Crippen LogP contribution in [0.25, 0.3) is 0 Å². The molecule has 3 N–H and O–H groups in total. The maximum absolute atomic E-state index is 12.3. The summed E-state index contributed by atoms with van der Waals surface area (Å²) in [7, 11) is -3.65. The van der Waals surface area contributed by atoms with E-state index >= 15 is 0 Å². The van der Waals surface area contributed by atoms with Crippen LogP contribution in [-0.2, 0) is 10.0 Å². The van der Waals surface area contributed by atoms with Gasteiger partial charge in [0.2, 0.25) is 0 Å². The Morgan fingerprint density at radius 3 is 2.42 bits per heavy atom. The lowest BCUT2D eigenvalue weighted by Crippen LogP contribution is -2.15. The van der Waals surface area contributed by atoms with Gasteiger partial charge in [-0.25, -0.2) is 8.42 Å². The smallest absolute Gasteiger partial charge is 0.262 e. The average Bonchev–Trinajstić information content (AvgIpc) is 2.34. The fourth-order valence-electron chi connectivity index (χ4n) is 1.76. The molecule has 0 amide bonds. The zero-order valence-corrected chi connectivity index (χ0v) is 11.5. The zero-order chi connectivity index (χ0) is 14.0. The van der Waals surface area contributed by atoms with Crippen LogP contribution in [0.4, 0.5) is 11.4 Å². The van der Waals surface area contributed by atoms with Gasteiger partial charge in [-0.15, -0.1) is 0 Å². The van der Waals surface area contributed by atoms with Gasteiger partial charge in [0.1, 0.15) is 0 Å². The van der Waals surface area contributed by atoms with Crippen LogP contribution in [0.2, 0.25) is 0 Å². The number of nitrogens with two attached hydrogens (primary N) is 1. The van der Waals surface area contributed by atoms with Gasteiger partial charge in [-0.05, 0) is 49.2 Å². The van der Waals surface area contributed by atoms with Gasteiger partial charge in [0.15, 0.2) is 0 Å². The van der Waals surface area contributed by atoms with E-state index in [2.05, 4.69) is 9.71 Å². The van der Waals surface area contributed by atoms with Crippen LogP contribution in [0.3, 0.4) is 0 Å². The highest BCUT2D eigenvalue weighted by molar-refractivity contribution is 7.92. The molecule has 0 aliphatic carbocycles. The van der Waals surface area contributed by atoms with E-state index < -0.39 is 10.0 Å². The second-order valence-electron chi connectivity index (χ2n) is 4.30. The van der Waals surface area contributed by atoms with E-state index in [0.717, 1.165) is 5.56 Å². The third-order valence-electron chi connectivity index (χ3n) is 2.86. The largest absolute Gasteiger partial charge is 0.399 e. The second kappa shape index (κ2) is 4.89. The first-order valence-corrected chi connectivity index (χ1v) is 7.18. The summed E-state index contributed by atoms with van der Waals surface area (Å²) in [6.07, 6.45) is 3.05. The lowest BCUT2D eigenvalue weighted by molar-refractivity contribution is 0.600. The minimum atomic E-state index is -3.65. The van der Waals surface area contributed by atoms with Gasteiger partial charge < -0.3 is 5.73 Å². The highest BCUT2D eigenvalue weighted by Crippen LogP contribution is 2.24. The SMILES string of the molecule is Cc1cc(N)cc(S(=O)(=O)Nc2ccncc2)c1C. The van der Waals surface area contributed by atoms with Crippen LogP contribution in [0.15, 0.2) is 41.6 Å². The van der Waals surface area contributed by atoms with Gasteiger partial charge in [-0.1, -0.05) is 0 Å². The topological polar surface area (TPSA) is 85.1 Å². The van der Waals surface area contributed by atoms with E-state index in [0.29, 0.717) is 16.9 Å². The van der Waals surface area contributed by atoms with Gasteiger partial charge in [0.25, 0.3) is 10.0 Å². The van der Waals surface area contributed by atoms with Crippen LogP contribution >= 0.6 is 0 Å². The standard InChI is InChI=1S/C13H15N3O2S/c1-9-7-11(14)8-13(10(9)2)19(17,18)16-12-3-5-15-6-4-12/h3-8H,14H2,1-2H3,(H,15,16). The number of anilines is 2. The minimum Gasteiger partial charge on any atom is -0.399 e. The van der Waals surface area contributed by atoms with Crippen molar-refractivity contribution in [3.8, 4) is 0 Å². The van der Waals surface area contributed by atoms with Crippen molar-refractivity contribution in [2.75, 3.05) is 10.5 Å². The first kappa shape index (κ1) is 13.4. The third-order valence-corrected chi connectivity index (χ3v) is 4.37. The molecule has 1 aromatic carbocycles. The third kappa shape index (κ3) is 2.85. The lowest BCUT2D eigenvalue weighted by atomic mass is 10.1. The van der Waals surface area contributed by atoms with Crippen molar-refractivity contribution in [2.24, 2.45) is 0 Å². The highest BCUT2D eigenvalue weighted by atomic mass is 32.2. The Morgan fingerprint density at radius 1 is 1.16 bits per heavy atom. The fourth-order valence-corrected chi connectivity index (χ4v) is 3.17. The van der Waals surface area contributed by atoms with Crippen LogP contribution in [0.1, 0.15) is 11.1 Å². The summed E-state index contributed by atoms with van der Waals surface area (Å²) in [5.41, 5.74) is 8.15. The zero-order valence-electron chi connectivity index (χ0n) is 10.7. The van der Waals surface area contributed by atoms with Crippen molar-refractivity contribution >= 4 is 21.4 Å². The van der Waals surface area contributed by atoms with Gasteiger partial charge in [-0.2, -0.15) is 0 Å². The molecule has 0 aliphatic heterocycles. The van der Waals surface area contributed by atoms with Crippen molar-refractivity contribution < 1.29 is 8.42 Å². The molecular weight excluding hydrogens is 262 g/mol. The maximum Gasteiger partial charge on any atom is 0.262 e. The van der Waals surface area contributed by atoms with E-state index in [1.54, 1.807) is 25.1 Å². The van der Waals surface area contributed by atoms with Crippen molar-refractivity contribution in [3.63, 3.8) is 0 Å². The number of nitrogens with one attached hydrogen (secondary N) is 1. The Kier molecular flexibility index (Phi) is 3.44. The van der Waals surface area contributed by atoms with Crippen LogP contribution in [-0.4, -0.2) is 13.4 Å². The quantitative estimate of drug-likeness (QED) is 0.841. The molecular formula is C13H15N3O2S. The van der Waals surface area contributed by atoms with Gasteiger partial charge in [0, 0.05) is 18.1 Å². The number of hydrogen-bond donors (Lipinski definition) is 2. The summed E-state index contributed by atoms with van der Waals surface area (Å²) >= 11 is 0. The van der Waals surface area contributed by atoms with Crippen molar-refractivity contribution in [3.05, 3.63) is 47.8 Å². The summed E-state index contributed by atoms with van der Waals surface area (Å²) in [5, 5.41) is 0. The first-order chi connectivity index (χ1) is 8.90. The predicted octanol–water partition coefficient (Wildman–Crippen LogP) is 2.08. The Balaban J connectivity index is 2.46. The monoisotopic (exact) mass is 277 g/mol. The number of rotatable bonds is 3. The Morgan fingerprint density at radius 2 is 1.79 bits per heavy atom. The number of aryl methyl sites for hydroxylation is 1. The van der Waals surface area contributed by atoms with Crippen molar-refractivity contribution in [1.29, 1.82) is 0 Å². The number of nitrogen functional groups attached to an aromatic ring is 1. The number of hydrogen-bond acceptors (Lipinski definition) is 4. The van der Waals surface area contributed by atoms with E-state index in [1.807, 2.05) is 6.92 Å². The molecule has 0 fully saturated rings. The molecule has 2 aromatic rings. The van der Waals surface area contributed by atoms with E-state index in [9.17, 15) is 8.42 Å². The molecule has 0 aliphatic rings. The molecule has 5 nitrogen and oxygen atoms in total. The van der Waals surface area contributed by atoms with E-state index in [1.165, 1.54) is 18.5 Å².